The van der Waals surface area contributed by atoms with Crippen LogP contribution in [0.15, 0.2) is 48.5 Å². The van der Waals surface area contributed by atoms with Crippen molar-refractivity contribution >= 4 is 34.8 Å². The molecule has 7 heteroatoms. The van der Waals surface area contributed by atoms with Crippen molar-refractivity contribution in [3.63, 3.8) is 0 Å². The van der Waals surface area contributed by atoms with Crippen LogP contribution in [0.5, 0.6) is 0 Å². The minimum atomic E-state index is -0.483. The molecule has 1 heterocycles. The summed E-state index contributed by atoms with van der Waals surface area (Å²) in [6.07, 6.45) is 0. The molecule has 2 amide bonds. The van der Waals surface area contributed by atoms with Gasteiger partial charge in [-0.25, -0.2) is 0 Å². The molecule has 0 aliphatic carbocycles. The lowest BCUT2D eigenvalue weighted by molar-refractivity contribution is -0.914. The maximum atomic E-state index is 12.6. The van der Waals surface area contributed by atoms with Crippen LogP contribution in [0.25, 0.3) is 0 Å². The predicted octanol–water partition coefficient (Wildman–Crippen LogP) is 1.17. The number of benzene rings is 2. The lowest BCUT2D eigenvalue weighted by atomic mass is 10.1. The first kappa shape index (κ1) is 19.2. The van der Waals surface area contributed by atoms with Crippen molar-refractivity contribution in [3.05, 3.63) is 59.1 Å². The van der Waals surface area contributed by atoms with Crippen LogP contribution >= 0.6 is 11.6 Å². The summed E-state index contributed by atoms with van der Waals surface area (Å²) in [7, 11) is 0. The largest absolute Gasteiger partial charge is 0.366 e. The minimum Gasteiger partial charge on any atom is -0.366 e. The van der Waals surface area contributed by atoms with Crippen LogP contribution in [0.1, 0.15) is 17.3 Å². The summed E-state index contributed by atoms with van der Waals surface area (Å²) in [5.41, 5.74) is 7.43. The molecule has 0 radical (unpaired) electrons. The van der Waals surface area contributed by atoms with Crippen molar-refractivity contribution in [2.45, 2.75) is 13.0 Å². The third-order valence-corrected chi connectivity index (χ3v) is 5.26. The van der Waals surface area contributed by atoms with Crippen LogP contribution < -0.4 is 20.9 Å². The Labute approximate surface area is 163 Å². The normalized spacial score (nSPS) is 16.0. The summed E-state index contributed by atoms with van der Waals surface area (Å²) in [6.45, 7) is 5.45. The molecule has 0 unspecified atom stereocenters. The number of carbonyl (C=O) groups is 2. The third-order valence-electron chi connectivity index (χ3n) is 5.02. The molecule has 1 saturated heterocycles. The second kappa shape index (κ2) is 8.41. The van der Waals surface area contributed by atoms with E-state index in [4.69, 9.17) is 17.3 Å². The molecule has 0 aromatic heterocycles. The first-order chi connectivity index (χ1) is 12.9. The number of hydrogen-bond acceptors (Lipinski definition) is 3. The fraction of sp³-hybridized carbons (Fsp3) is 0.300. The number of nitrogens with zero attached hydrogens (tertiary/aromatic N) is 1. The molecule has 1 aliphatic rings. The van der Waals surface area contributed by atoms with E-state index >= 15 is 0 Å². The van der Waals surface area contributed by atoms with Gasteiger partial charge in [0.15, 0.2) is 6.04 Å². The van der Waals surface area contributed by atoms with Gasteiger partial charge in [-0.1, -0.05) is 17.7 Å². The Bertz CT molecular complexity index is 817. The number of carbonyl (C=O) groups excluding carboxylic acids is 2. The minimum absolute atomic E-state index is 0.0342. The van der Waals surface area contributed by atoms with Crippen molar-refractivity contribution in [2.75, 3.05) is 36.4 Å². The van der Waals surface area contributed by atoms with Gasteiger partial charge >= 0.3 is 0 Å². The Morgan fingerprint density at radius 1 is 1.15 bits per heavy atom. The van der Waals surface area contributed by atoms with Crippen molar-refractivity contribution in [2.24, 2.45) is 5.73 Å². The fourth-order valence-corrected chi connectivity index (χ4v) is 3.50. The summed E-state index contributed by atoms with van der Waals surface area (Å²) in [4.78, 5) is 27.2. The van der Waals surface area contributed by atoms with Crippen LogP contribution in [-0.4, -0.2) is 44.0 Å². The number of primary amides is 1. The molecule has 2 aromatic carbocycles. The van der Waals surface area contributed by atoms with Gasteiger partial charge in [-0.3, -0.25) is 9.59 Å². The molecule has 27 heavy (non-hydrogen) atoms. The predicted molar refractivity (Wildman–Crippen MR) is 107 cm³/mol. The quantitative estimate of drug-likeness (QED) is 0.720. The van der Waals surface area contributed by atoms with Gasteiger partial charge in [-0.05, 0) is 49.4 Å². The number of hydrogen-bond donors (Lipinski definition) is 3. The van der Waals surface area contributed by atoms with Crippen LogP contribution in [0.4, 0.5) is 11.4 Å². The van der Waals surface area contributed by atoms with E-state index in [0.717, 1.165) is 36.9 Å². The van der Waals surface area contributed by atoms with E-state index in [1.807, 2.05) is 25.1 Å². The average molecular weight is 388 g/mol. The van der Waals surface area contributed by atoms with Gasteiger partial charge in [0.2, 0.25) is 5.91 Å². The lowest BCUT2D eigenvalue weighted by Crippen LogP contribution is -3.19. The molecular weight excluding hydrogens is 364 g/mol. The van der Waals surface area contributed by atoms with E-state index in [1.54, 1.807) is 24.3 Å². The lowest BCUT2D eigenvalue weighted by Gasteiger charge is -2.36. The topological polar surface area (TPSA) is 79.9 Å². The number of quaternary nitrogens is 1. The number of amides is 2. The van der Waals surface area contributed by atoms with Crippen LogP contribution in [-0.2, 0) is 4.79 Å². The Morgan fingerprint density at radius 2 is 1.81 bits per heavy atom. The van der Waals surface area contributed by atoms with E-state index in [1.165, 1.54) is 4.90 Å². The number of anilines is 2. The van der Waals surface area contributed by atoms with Crippen molar-refractivity contribution in [1.29, 1.82) is 0 Å². The maximum absolute atomic E-state index is 12.6. The molecule has 4 N–H and O–H groups in total. The molecule has 0 spiro atoms. The summed E-state index contributed by atoms with van der Waals surface area (Å²) >= 11 is 6.08. The number of halogens is 1. The molecular formula is C20H24ClN4O2+. The third kappa shape index (κ3) is 4.78. The van der Waals surface area contributed by atoms with Gasteiger partial charge in [0.1, 0.15) is 0 Å². The molecule has 2 aromatic rings. The van der Waals surface area contributed by atoms with E-state index in [2.05, 4.69) is 16.3 Å². The second-order valence-corrected chi connectivity index (χ2v) is 7.21. The van der Waals surface area contributed by atoms with Crippen LogP contribution in [0, 0.1) is 0 Å². The Balaban J connectivity index is 1.54. The highest BCUT2D eigenvalue weighted by Crippen LogP contribution is 2.19. The zero-order valence-electron chi connectivity index (χ0n) is 15.2. The molecule has 3 rings (SSSR count). The van der Waals surface area contributed by atoms with Gasteiger partial charge in [0.05, 0.1) is 26.2 Å². The number of nitrogens with one attached hydrogen (secondary N) is 2. The van der Waals surface area contributed by atoms with E-state index < -0.39 is 5.91 Å². The standard InChI is InChI=1S/C20H23ClN4O2/c1-14(20(27)23-17-7-5-15(6-8-17)19(22)26)24-9-11-25(12-10-24)18-4-2-3-16(21)13-18/h2-8,13-14H,9-12H2,1H3,(H2,22,26)(H,23,27)/p+1/t14-/m1/s1. The zero-order chi connectivity index (χ0) is 19.4. The molecule has 0 saturated carbocycles. The summed E-state index contributed by atoms with van der Waals surface area (Å²) in [5, 5.41) is 3.65. The van der Waals surface area contributed by atoms with Crippen molar-refractivity contribution < 1.29 is 14.5 Å². The molecule has 1 aliphatic heterocycles. The van der Waals surface area contributed by atoms with Gasteiger partial charge in [0.25, 0.3) is 5.91 Å². The van der Waals surface area contributed by atoms with Crippen molar-refractivity contribution in [3.8, 4) is 0 Å². The summed E-state index contributed by atoms with van der Waals surface area (Å²) in [6, 6.07) is 14.3. The van der Waals surface area contributed by atoms with Crippen LogP contribution in [0.2, 0.25) is 5.02 Å². The van der Waals surface area contributed by atoms with Gasteiger partial charge < -0.3 is 20.9 Å². The number of nitrogens with two attached hydrogens (primary N) is 1. The molecule has 142 valence electrons. The smallest absolute Gasteiger partial charge is 0.282 e. The van der Waals surface area contributed by atoms with Gasteiger partial charge in [0, 0.05) is 22.0 Å². The first-order valence-electron chi connectivity index (χ1n) is 9.00. The highest BCUT2D eigenvalue weighted by atomic mass is 35.5. The highest BCUT2D eigenvalue weighted by Gasteiger charge is 2.29. The van der Waals surface area contributed by atoms with Gasteiger partial charge in [-0.2, -0.15) is 0 Å². The van der Waals surface area contributed by atoms with Gasteiger partial charge in [-0.15, -0.1) is 0 Å². The average Bonchev–Trinajstić information content (AvgIpc) is 2.68. The Morgan fingerprint density at radius 3 is 2.41 bits per heavy atom. The molecule has 1 fully saturated rings. The SMILES string of the molecule is C[C@H](C(=O)Nc1ccc(C(N)=O)cc1)[NH+]1CCN(c2cccc(Cl)c2)CC1. The Kier molecular flexibility index (Phi) is 5.98. The molecule has 1 atom stereocenters. The van der Waals surface area contributed by atoms with E-state index in [0.29, 0.717) is 11.3 Å². The summed E-state index contributed by atoms with van der Waals surface area (Å²) in [5.74, 6) is -0.517. The fourth-order valence-electron chi connectivity index (χ4n) is 3.31. The number of piperazine rings is 1. The van der Waals surface area contributed by atoms with E-state index in [9.17, 15) is 9.59 Å². The van der Waals surface area contributed by atoms with Crippen molar-refractivity contribution in [1.82, 2.24) is 0 Å². The molecule has 6 nitrogen and oxygen atoms in total. The summed E-state index contributed by atoms with van der Waals surface area (Å²) < 4.78 is 0. The first-order valence-corrected chi connectivity index (χ1v) is 9.37. The highest BCUT2D eigenvalue weighted by molar-refractivity contribution is 6.30. The van der Waals surface area contributed by atoms with E-state index in [-0.39, 0.29) is 11.9 Å². The second-order valence-electron chi connectivity index (χ2n) is 6.78. The number of rotatable bonds is 5. The Hall–Kier alpha value is -2.57. The molecule has 0 bridgehead atoms. The zero-order valence-corrected chi connectivity index (χ0v) is 16.0. The maximum Gasteiger partial charge on any atom is 0.282 e. The van der Waals surface area contributed by atoms with Crippen LogP contribution in [0.3, 0.4) is 0 Å². The monoisotopic (exact) mass is 387 g/mol.